The van der Waals surface area contributed by atoms with Crippen LogP contribution in [-0.4, -0.2) is 44.2 Å². The number of alkyl halides is 3. The molecule has 1 aromatic heterocycles. The molecular formula is C22H27F3N2O5S2. The highest BCUT2D eigenvalue weighted by Gasteiger charge is 2.51. The second-order valence-electron chi connectivity index (χ2n) is 8.11. The number of hydrogen-bond donors (Lipinski definition) is 0. The first-order valence-corrected chi connectivity index (χ1v) is 13.0. The second kappa shape index (κ2) is 10.1. The van der Waals surface area contributed by atoms with E-state index in [1.165, 1.54) is 30.7 Å². The topological polar surface area (TPSA) is 76.2 Å². The molecule has 0 radical (unpaired) electrons. The fraction of sp³-hybridized carbons (Fsp3) is 0.500. The van der Waals surface area contributed by atoms with Gasteiger partial charge in [0.2, 0.25) is 0 Å². The van der Waals surface area contributed by atoms with Gasteiger partial charge in [0.15, 0.2) is 0 Å². The van der Waals surface area contributed by atoms with E-state index in [9.17, 15) is 26.4 Å². The average Bonchev–Trinajstić information content (AvgIpc) is 3.36. The van der Waals surface area contributed by atoms with E-state index in [1.807, 2.05) is 20.8 Å². The Labute approximate surface area is 201 Å². The van der Waals surface area contributed by atoms with Crippen LogP contribution in [0.25, 0.3) is 0 Å². The van der Waals surface area contributed by atoms with Gasteiger partial charge in [-0.05, 0) is 55.8 Å². The van der Waals surface area contributed by atoms with Crippen LogP contribution in [0.4, 0.5) is 18.9 Å². The van der Waals surface area contributed by atoms with Gasteiger partial charge in [-0.1, -0.05) is 19.1 Å². The maximum atomic E-state index is 13.6. The second-order valence-corrected chi connectivity index (χ2v) is 11.0. The van der Waals surface area contributed by atoms with Crippen molar-refractivity contribution in [3.63, 3.8) is 0 Å². The SMILES string of the molecule is CCC(C)N1OC(=O)C(Cc2sccc2N(Cc2ccc(OC)cc2)S(=O)(=O)C(F)(F)F)C1C. The smallest absolute Gasteiger partial charge is 0.497 e. The van der Waals surface area contributed by atoms with E-state index < -0.39 is 34.0 Å². The van der Waals surface area contributed by atoms with Crippen molar-refractivity contribution >= 4 is 33.0 Å². The van der Waals surface area contributed by atoms with E-state index in [1.54, 1.807) is 17.2 Å². The lowest BCUT2D eigenvalue weighted by molar-refractivity contribution is -0.184. The van der Waals surface area contributed by atoms with Gasteiger partial charge in [0.1, 0.15) is 5.75 Å². The zero-order chi connectivity index (χ0) is 25.3. The maximum absolute atomic E-state index is 13.6. The predicted octanol–water partition coefficient (Wildman–Crippen LogP) is 4.73. The van der Waals surface area contributed by atoms with Crippen LogP contribution in [-0.2, 0) is 32.6 Å². The molecule has 1 aromatic carbocycles. The molecule has 1 aliphatic heterocycles. The van der Waals surface area contributed by atoms with E-state index >= 15 is 0 Å². The third kappa shape index (κ3) is 5.18. The average molecular weight is 521 g/mol. The highest BCUT2D eigenvalue weighted by atomic mass is 32.2. The first-order chi connectivity index (χ1) is 15.9. The summed E-state index contributed by atoms with van der Waals surface area (Å²) in [6.45, 7) is 5.15. The molecule has 2 heterocycles. The summed E-state index contributed by atoms with van der Waals surface area (Å²) in [7, 11) is -4.26. The molecule has 3 unspecified atom stereocenters. The fourth-order valence-electron chi connectivity index (χ4n) is 3.78. The third-order valence-electron chi connectivity index (χ3n) is 5.97. The largest absolute Gasteiger partial charge is 0.516 e. The van der Waals surface area contributed by atoms with Gasteiger partial charge >= 0.3 is 21.5 Å². The molecule has 0 N–H and O–H groups in total. The number of benzene rings is 1. The number of thiophene rings is 1. The van der Waals surface area contributed by atoms with E-state index in [4.69, 9.17) is 9.57 Å². The number of sulfonamides is 1. The molecular weight excluding hydrogens is 493 g/mol. The Balaban J connectivity index is 1.96. The summed E-state index contributed by atoms with van der Waals surface area (Å²) < 4.78 is 71.4. The van der Waals surface area contributed by atoms with Gasteiger partial charge in [-0.25, -0.2) is 4.79 Å². The van der Waals surface area contributed by atoms with Gasteiger partial charge in [-0.15, -0.1) is 16.4 Å². The van der Waals surface area contributed by atoms with Crippen molar-refractivity contribution in [2.45, 2.75) is 57.7 Å². The maximum Gasteiger partial charge on any atom is 0.516 e. The number of halogens is 3. The van der Waals surface area contributed by atoms with E-state index in [0.29, 0.717) is 20.5 Å². The first kappa shape index (κ1) is 26.3. The van der Waals surface area contributed by atoms with Gasteiger partial charge in [-0.3, -0.25) is 4.31 Å². The monoisotopic (exact) mass is 520 g/mol. The number of hydrogen-bond acceptors (Lipinski definition) is 7. The Morgan fingerprint density at radius 1 is 1.24 bits per heavy atom. The van der Waals surface area contributed by atoms with Crippen molar-refractivity contribution in [3.8, 4) is 5.75 Å². The van der Waals surface area contributed by atoms with Crippen molar-refractivity contribution in [2.24, 2.45) is 5.92 Å². The van der Waals surface area contributed by atoms with Crippen LogP contribution >= 0.6 is 11.3 Å². The molecule has 3 atom stereocenters. The number of methoxy groups -OCH3 is 1. The summed E-state index contributed by atoms with van der Waals surface area (Å²) in [5, 5.41) is 3.12. The summed E-state index contributed by atoms with van der Waals surface area (Å²) in [5.41, 5.74) is -5.24. The van der Waals surface area contributed by atoms with Gasteiger partial charge < -0.3 is 9.57 Å². The van der Waals surface area contributed by atoms with Crippen molar-refractivity contribution < 1.29 is 36.0 Å². The molecule has 188 valence electrons. The van der Waals surface area contributed by atoms with Crippen LogP contribution in [0.1, 0.15) is 37.6 Å². The summed E-state index contributed by atoms with van der Waals surface area (Å²) in [6, 6.07) is 7.10. The van der Waals surface area contributed by atoms with Crippen LogP contribution < -0.4 is 9.04 Å². The number of hydroxylamine groups is 2. The minimum Gasteiger partial charge on any atom is -0.497 e. The Kier molecular flexibility index (Phi) is 7.83. The van der Waals surface area contributed by atoms with Crippen LogP contribution in [0.5, 0.6) is 5.75 Å². The molecule has 0 spiro atoms. The highest BCUT2D eigenvalue weighted by molar-refractivity contribution is 7.93. The molecule has 1 fully saturated rings. The van der Waals surface area contributed by atoms with Crippen LogP contribution in [0, 0.1) is 5.92 Å². The molecule has 0 amide bonds. The molecule has 0 aliphatic carbocycles. The highest BCUT2D eigenvalue weighted by Crippen LogP contribution is 2.39. The number of rotatable bonds is 9. The lowest BCUT2D eigenvalue weighted by Crippen LogP contribution is -2.41. The Hall–Kier alpha value is -2.31. The standard InChI is InChI=1S/C22H27F3N2O5S2/c1-5-14(2)27-15(3)18(21(28)32-27)12-20-19(10-11-33-20)26(34(29,30)22(23,24)25)13-16-6-8-17(31-4)9-7-16/h6-11,14-15,18H,5,12-13H2,1-4H3. The summed E-state index contributed by atoms with van der Waals surface area (Å²) >= 11 is 1.11. The fourth-order valence-corrected chi connectivity index (χ4v) is 5.78. The molecule has 34 heavy (non-hydrogen) atoms. The molecule has 1 aliphatic rings. The number of anilines is 1. The number of ether oxygens (including phenoxy) is 1. The van der Waals surface area contributed by atoms with Gasteiger partial charge in [-0.2, -0.15) is 21.6 Å². The van der Waals surface area contributed by atoms with Gasteiger partial charge in [0, 0.05) is 10.9 Å². The van der Waals surface area contributed by atoms with E-state index in [0.717, 1.165) is 17.8 Å². The molecule has 0 saturated carbocycles. The van der Waals surface area contributed by atoms with Crippen molar-refractivity contribution in [1.29, 1.82) is 0 Å². The van der Waals surface area contributed by atoms with E-state index in [2.05, 4.69) is 0 Å². The summed E-state index contributed by atoms with van der Waals surface area (Å²) in [6.07, 6.45) is 0.806. The first-order valence-electron chi connectivity index (χ1n) is 10.7. The zero-order valence-corrected chi connectivity index (χ0v) is 20.8. The number of carbonyl (C=O) groups excluding carboxylic acids is 1. The van der Waals surface area contributed by atoms with Gasteiger partial charge in [0.25, 0.3) is 0 Å². The van der Waals surface area contributed by atoms with E-state index in [-0.39, 0.29) is 24.2 Å². The van der Waals surface area contributed by atoms with Crippen LogP contribution in [0.15, 0.2) is 35.7 Å². The molecule has 3 rings (SSSR count). The van der Waals surface area contributed by atoms with Crippen LogP contribution in [0.3, 0.4) is 0 Å². The molecule has 12 heteroatoms. The minimum atomic E-state index is -5.70. The predicted molar refractivity (Wildman–Crippen MR) is 123 cm³/mol. The lowest BCUT2D eigenvalue weighted by Gasteiger charge is -2.27. The molecule has 2 aromatic rings. The Morgan fingerprint density at radius 2 is 1.88 bits per heavy atom. The molecule has 0 bridgehead atoms. The summed E-state index contributed by atoms with van der Waals surface area (Å²) in [4.78, 5) is 18.3. The number of nitrogens with zero attached hydrogens (tertiary/aromatic N) is 2. The van der Waals surface area contributed by atoms with Crippen molar-refractivity contribution in [1.82, 2.24) is 5.06 Å². The van der Waals surface area contributed by atoms with Crippen molar-refractivity contribution in [2.75, 3.05) is 11.4 Å². The number of carbonyl (C=O) groups is 1. The third-order valence-corrected chi connectivity index (χ3v) is 8.39. The quantitative estimate of drug-likeness (QED) is 0.476. The zero-order valence-electron chi connectivity index (χ0n) is 19.2. The Morgan fingerprint density at radius 3 is 2.44 bits per heavy atom. The molecule has 7 nitrogen and oxygen atoms in total. The minimum absolute atomic E-state index is 0.0241. The van der Waals surface area contributed by atoms with Crippen molar-refractivity contribution in [3.05, 3.63) is 46.2 Å². The molecule has 1 saturated heterocycles. The van der Waals surface area contributed by atoms with Gasteiger partial charge in [0.05, 0.1) is 31.3 Å². The lowest BCUT2D eigenvalue weighted by atomic mass is 9.96. The Bertz CT molecular complexity index is 1100. The van der Waals surface area contributed by atoms with Crippen LogP contribution in [0.2, 0.25) is 0 Å². The normalized spacial score (nSPS) is 20.3. The summed E-state index contributed by atoms with van der Waals surface area (Å²) in [5.74, 6) is -0.625.